The number of nitrogens with zero attached hydrogens (tertiary/aromatic N) is 4. The van der Waals surface area contributed by atoms with Crippen LogP contribution in [0.3, 0.4) is 0 Å². The smallest absolute Gasteiger partial charge is 0.158 e. The van der Waals surface area contributed by atoms with E-state index in [1.165, 1.54) is 25.7 Å². The van der Waals surface area contributed by atoms with Crippen molar-refractivity contribution in [2.45, 2.75) is 45.4 Å². The summed E-state index contributed by atoms with van der Waals surface area (Å²) in [5, 5.41) is 4.30. The van der Waals surface area contributed by atoms with Gasteiger partial charge < -0.3 is 0 Å². The van der Waals surface area contributed by atoms with Crippen molar-refractivity contribution in [3.8, 4) is 0 Å². The summed E-state index contributed by atoms with van der Waals surface area (Å²) in [7, 11) is 0. The monoisotopic (exact) mass is 218 g/mol. The Morgan fingerprint density at radius 3 is 2.62 bits per heavy atom. The quantitative estimate of drug-likeness (QED) is 0.775. The van der Waals surface area contributed by atoms with E-state index in [1.54, 1.807) is 12.5 Å². The average Bonchev–Trinajstić information content (AvgIpc) is 2.76. The highest BCUT2D eigenvalue weighted by molar-refractivity contribution is 5.35. The van der Waals surface area contributed by atoms with E-state index in [4.69, 9.17) is 0 Å². The maximum atomic E-state index is 4.41. The van der Waals surface area contributed by atoms with Gasteiger partial charge in [-0.25, -0.2) is 14.5 Å². The van der Waals surface area contributed by atoms with Crippen molar-refractivity contribution < 1.29 is 0 Å². The molecule has 2 heterocycles. The van der Waals surface area contributed by atoms with Gasteiger partial charge in [0.15, 0.2) is 5.65 Å². The fraction of sp³-hybridized carbons (Fsp3) is 0.583. The third-order valence-electron chi connectivity index (χ3n) is 2.86. The second kappa shape index (κ2) is 5.05. The highest BCUT2D eigenvalue weighted by Gasteiger charge is 2.15. The fourth-order valence-corrected chi connectivity index (χ4v) is 2.15. The van der Waals surface area contributed by atoms with E-state index in [9.17, 15) is 0 Å². The standard InChI is InChI=1S/C12H18N4/c1-3-5-10(6-4-2)12-14-9-13-11-7-8-15-16(11)12/h7-10H,3-6H2,1-2H3. The normalized spacial score (nSPS) is 11.4. The Bertz CT molecular complexity index is 443. The molecule has 0 atom stereocenters. The van der Waals surface area contributed by atoms with Gasteiger partial charge in [-0.1, -0.05) is 26.7 Å². The third kappa shape index (κ3) is 2.05. The van der Waals surface area contributed by atoms with Crippen molar-refractivity contribution in [1.29, 1.82) is 0 Å². The second-order valence-corrected chi connectivity index (χ2v) is 4.11. The Kier molecular flexibility index (Phi) is 3.49. The SMILES string of the molecule is CCCC(CCC)c1ncnc2ccnn12. The molecule has 0 spiro atoms. The molecule has 0 aliphatic heterocycles. The van der Waals surface area contributed by atoms with Crippen LogP contribution in [-0.4, -0.2) is 19.6 Å². The summed E-state index contributed by atoms with van der Waals surface area (Å²) in [4.78, 5) is 8.60. The molecule has 2 rings (SSSR count). The summed E-state index contributed by atoms with van der Waals surface area (Å²) < 4.78 is 1.87. The first-order valence-corrected chi connectivity index (χ1v) is 6.01. The molecule has 2 aromatic rings. The molecule has 0 amide bonds. The van der Waals surface area contributed by atoms with Gasteiger partial charge in [-0.3, -0.25) is 0 Å². The maximum absolute atomic E-state index is 4.41. The van der Waals surface area contributed by atoms with Gasteiger partial charge in [-0.15, -0.1) is 0 Å². The molecule has 0 unspecified atom stereocenters. The number of hydrogen-bond donors (Lipinski definition) is 0. The molecule has 0 saturated carbocycles. The second-order valence-electron chi connectivity index (χ2n) is 4.11. The lowest BCUT2D eigenvalue weighted by Crippen LogP contribution is -2.09. The van der Waals surface area contributed by atoms with Gasteiger partial charge in [-0.2, -0.15) is 5.10 Å². The minimum atomic E-state index is 0.500. The van der Waals surface area contributed by atoms with Gasteiger partial charge in [0, 0.05) is 12.0 Å². The lowest BCUT2D eigenvalue weighted by atomic mass is 9.97. The minimum absolute atomic E-state index is 0.500. The maximum Gasteiger partial charge on any atom is 0.158 e. The summed E-state index contributed by atoms with van der Waals surface area (Å²) in [5.41, 5.74) is 0.891. The van der Waals surface area contributed by atoms with Crippen LogP contribution < -0.4 is 0 Å². The molecule has 0 aliphatic rings. The van der Waals surface area contributed by atoms with E-state index in [1.807, 2.05) is 10.6 Å². The van der Waals surface area contributed by atoms with Gasteiger partial charge in [-0.05, 0) is 12.8 Å². The largest absolute Gasteiger partial charge is 0.221 e. The molecular weight excluding hydrogens is 200 g/mol. The van der Waals surface area contributed by atoms with Crippen molar-refractivity contribution in [3.05, 3.63) is 24.4 Å². The fourth-order valence-electron chi connectivity index (χ4n) is 2.15. The molecule has 16 heavy (non-hydrogen) atoms. The number of aromatic nitrogens is 4. The Labute approximate surface area is 95.7 Å². The van der Waals surface area contributed by atoms with Crippen LogP contribution in [0.5, 0.6) is 0 Å². The van der Waals surface area contributed by atoms with E-state index in [-0.39, 0.29) is 0 Å². The first-order valence-electron chi connectivity index (χ1n) is 6.01. The summed E-state index contributed by atoms with van der Waals surface area (Å²) in [6.07, 6.45) is 8.11. The molecule has 4 nitrogen and oxygen atoms in total. The lowest BCUT2D eigenvalue weighted by molar-refractivity contribution is 0.517. The molecule has 0 saturated heterocycles. The van der Waals surface area contributed by atoms with Gasteiger partial charge in [0.2, 0.25) is 0 Å². The highest BCUT2D eigenvalue weighted by Crippen LogP contribution is 2.24. The predicted molar refractivity (Wildman–Crippen MR) is 63.3 cm³/mol. The molecule has 0 N–H and O–H groups in total. The van der Waals surface area contributed by atoms with E-state index < -0.39 is 0 Å². The van der Waals surface area contributed by atoms with Crippen molar-refractivity contribution in [2.24, 2.45) is 0 Å². The van der Waals surface area contributed by atoms with Crippen LogP contribution in [0.4, 0.5) is 0 Å². The molecule has 0 aromatic carbocycles. The van der Waals surface area contributed by atoms with Crippen molar-refractivity contribution >= 4 is 5.65 Å². The van der Waals surface area contributed by atoms with E-state index >= 15 is 0 Å². The summed E-state index contributed by atoms with van der Waals surface area (Å²) in [6, 6.07) is 1.92. The first kappa shape index (κ1) is 11.0. The van der Waals surface area contributed by atoms with E-state index in [0.29, 0.717) is 5.92 Å². The van der Waals surface area contributed by atoms with Gasteiger partial charge >= 0.3 is 0 Å². The lowest BCUT2D eigenvalue weighted by Gasteiger charge is -2.14. The van der Waals surface area contributed by atoms with Crippen LogP contribution in [0.2, 0.25) is 0 Å². The van der Waals surface area contributed by atoms with E-state index in [0.717, 1.165) is 11.5 Å². The number of rotatable bonds is 5. The molecule has 4 heteroatoms. The highest BCUT2D eigenvalue weighted by atomic mass is 15.3. The van der Waals surface area contributed by atoms with Crippen LogP contribution in [-0.2, 0) is 0 Å². The van der Waals surface area contributed by atoms with E-state index in [2.05, 4.69) is 28.9 Å². The average molecular weight is 218 g/mol. The molecule has 0 fully saturated rings. The predicted octanol–water partition coefficient (Wildman–Crippen LogP) is 2.81. The third-order valence-corrected chi connectivity index (χ3v) is 2.86. The van der Waals surface area contributed by atoms with Crippen molar-refractivity contribution in [1.82, 2.24) is 19.6 Å². The zero-order valence-electron chi connectivity index (χ0n) is 9.93. The molecule has 2 aromatic heterocycles. The molecule has 0 bridgehead atoms. The van der Waals surface area contributed by atoms with Crippen molar-refractivity contribution in [3.63, 3.8) is 0 Å². The Morgan fingerprint density at radius 1 is 1.19 bits per heavy atom. The zero-order valence-corrected chi connectivity index (χ0v) is 9.93. The van der Waals surface area contributed by atoms with Gasteiger partial charge in [0.1, 0.15) is 12.2 Å². The summed E-state index contributed by atoms with van der Waals surface area (Å²) >= 11 is 0. The number of hydrogen-bond acceptors (Lipinski definition) is 3. The molecule has 0 radical (unpaired) electrons. The van der Waals surface area contributed by atoms with Gasteiger partial charge in [0.05, 0.1) is 6.20 Å². The Hall–Kier alpha value is -1.45. The van der Waals surface area contributed by atoms with Gasteiger partial charge in [0.25, 0.3) is 0 Å². The first-order chi connectivity index (χ1) is 7.86. The van der Waals surface area contributed by atoms with Crippen LogP contribution in [0, 0.1) is 0 Å². The Balaban J connectivity index is 2.38. The van der Waals surface area contributed by atoms with Crippen LogP contribution >= 0.6 is 0 Å². The van der Waals surface area contributed by atoms with Crippen LogP contribution in [0.1, 0.15) is 51.3 Å². The summed E-state index contributed by atoms with van der Waals surface area (Å²) in [6.45, 7) is 4.42. The Morgan fingerprint density at radius 2 is 1.94 bits per heavy atom. The molecule has 0 aliphatic carbocycles. The summed E-state index contributed by atoms with van der Waals surface area (Å²) in [5.74, 6) is 1.55. The molecular formula is C12H18N4. The number of fused-ring (bicyclic) bond motifs is 1. The van der Waals surface area contributed by atoms with Crippen LogP contribution in [0.15, 0.2) is 18.6 Å². The minimum Gasteiger partial charge on any atom is -0.221 e. The molecule has 86 valence electrons. The zero-order chi connectivity index (χ0) is 11.4. The topological polar surface area (TPSA) is 43.1 Å². The van der Waals surface area contributed by atoms with Crippen LogP contribution in [0.25, 0.3) is 5.65 Å². The van der Waals surface area contributed by atoms with Crippen molar-refractivity contribution in [2.75, 3.05) is 0 Å².